The second kappa shape index (κ2) is 6.87. The van der Waals surface area contributed by atoms with Gasteiger partial charge in [-0.3, -0.25) is 4.79 Å². The molecular weight excluding hydrogens is 284 g/mol. The summed E-state index contributed by atoms with van der Waals surface area (Å²) >= 11 is 0. The Morgan fingerprint density at radius 1 is 1.23 bits per heavy atom. The minimum absolute atomic E-state index is 0.0755. The van der Waals surface area contributed by atoms with Crippen LogP contribution in [-0.4, -0.2) is 51.8 Å². The molecule has 6 heteroatoms. The molecule has 0 aromatic heterocycles. The number of ether oxygens (including phenoxy) is 3. The van der Waals surface area contributed by atoms with Crippen molar-refractivity contribution in [1.29, 1.82) is 0 Å². The van der Waals surface area contributed by atoms with E-state index in [1.165, 1.54) is 21.3 Å². The van der Waals surface area contributed by atoms with Crippen LogP contribution in [0.15, 0.2) is 12.1 Å². The van der Waals surface area contributed by atoms with E-state index in [0.717, 1.165) is 12.8 Å². The Morgan fingerprint density at radius 3 is 2.14 bits per heavy atom. The highest BCUT2D eigenvalue weighted by atomic mass is 16.5. The van der Waals surface area contributed by atoms with Crippen LogP contribution in [0.1, 0.15) is 23.2 Å². The first kappa shape index (κ1) is 16.4. The van der Waals surface area contributed by atoms with Crippen molar-refractivity contribution >= 4 is 5.91 Å². The SMILES string of the molecule is COc1cc(C(=O)N(C)C(CN)C2CC2)cc(OC)c1OC. The second-order valence-corrected chi connectivity index (χ2v) is 5.47. The highest BCUT2D eigenvalue weighted by molar-refractivity contribution is 5.95. The summed E-state index contributed by atoms with van der Waals surface area (Å²) in [6, 6.07) is 3.41. The van der Waals surface area contributed by atoms with Gasteiger partial charge in [0.15, 0.2) is 11.5 Å². The monoisotopic (exact) mass is 308 g/mol. The van der Waals surface area contributed by atoms with E-state index in [1.807, 2.05) is 0 Å². The topological polar surface area (TPSA) is 74.0 Å². The van der Waals surface area contributed by atoms with Crippen molar-refractivity contribution in [2.24, 2.45) is 11.7 Å². The lowest BCUT2D eigenvalue weighted by Gasteiger charge is -2.27. The molecule has 0 spiro atoms. The van der Waals surface area contributed by atoms with Crippen molar-refractivity contribution in [2.45, 2.75) is 18.9 Å². The number of nitrogens with zero attached hydrogens (tertiary/aromatic N) is 1. The normalized spacial score (nSPS) is 15.1. The Hall–Kier alpha value is -1.95. The maximum Gasteiger partial charge on any atom is 0.254 e. The van der Waals surface area contributed by atoms with Gasteiger partial charge in [0, 0.05) is 25.2 Å². The van der Waals surface area contributed by atoms with Crippen molar-refractivity contribution in [1.82, 2.24) is 4.90 Å². The number of hydrogen-bond acceptors (Lipinski definition) is 5. The molecule has 22 heavy (non-hydrogen) atoms. The molecular formula is C16H24N2O4. The largest absolute Gasteiger partial charge is 0.493 e. The van der Waals surface area contributed by atoms with Gasteiger partial charge in [0.25, 0.3) is 5.91 Å². The first-order valence-electron chi connectivity index (χ1n) is 7.34. The van der Waals surface area contributed by atoms with E-state index in [9.17, 15) is 4.79 Å². The second-order valence-electron chi connectivity index (χ2n) is 5.47. The van der Waals surface area contributed by atoms with Crippen molar-refractivity contribution in [2.75, 3.05) is 34.9 Å². The van der Waals surface area contributed by atoms with Crippen LogP contribution in [0.25, 0.3) is 0 Å². The molecule has 2 rings (SSSR count). The van der Waals surface area contributed by atoms with Gasteiger partial charge < -0.3 is 24.8 Å². The Balaban J connectivity index is 2.32. The third-order valence-electron chi connectivity index (χ3n) is 4.14. The van der Waals surface area contributed by atoms with Gasteiger partial charge in [0.05, 0.1) is 21.3 Å². The number of likely N-dealkylation sites (N-methyl/N-ethyl adjacent to an activating group) is 1. The molecule has 2 N–H and O–H groups in total. The number of hydrogen-bond donors (Lipinski definition) is 1. The quantitative estimate of drug-likeness (QED) is 0.826. The van der Waals surface area contributed by atoms with Crippen LogP contribution in [0.3, 0.4) is 0 Å². The molecule has 0 bridgehead atoms. The number of methoxy groups -OCH3 is 3. The predicted molar refractivity (Wildman–Crippen MR) is 83.8 cm³/mol. The van der Waals surface area contributed by atoms with Crippen LogP contribution in [0.2, 0.25) is 0 Å². The van der Waals surface area contributed by atoms with E-state index in [0.29, 0.717) is 35.3 Å². The summed E-state index contributed by atoms with van der Waals surface area (Å²) in [6.07, 6.45) is 2.27. The fourth-order valence-electron chi connectivity index (χ4n) is 2.71. The summed E-state index contributed by atoms with van der Waals surface area (Å²) in [5.74, 6) is 1.83. The van der Waals surface area contributed by atoms with E-state index in [4.69, 9.17) is 19.9 Å². The predicted octanol–water partition coefficient (Wildman–Crippen LogP) is 1.52. The van der Waals surface area contributed by atoms with E-state index in [2.05, 4.69) is 0 Å². The van der Waals surface area contributed by atoms with E-state index < -0.39 is 0 Å². The molecule has 6 nitrogen and oxygen atoms in total. The maximum atomic E-state index is 12.7. The Morgan fingerprint density at radius 2 is 1.77 bits per heavy atom. The molecule has 0 saturated heterocycles. The maximum absolute atomic E-state index is 12.7. The number of nitrogens with two attached hydrogens (primary N) is 1. The average Bonchev–Trinajstić information content (AvgIpc) is 3.37. The molecule has 1 atom stereocenters. The molecule has 122 valence electrons. The van der Waals surface area contributed by atoms with Crippen molar-refractivity contribution < 1.29 is 19.0 Å². The van der Waals surface area contributed by atoms with Crippen LogP contribution in [0.4, 0.5) is 0 Å². The van der Waals surface area contributed by atoms with Gasteiger partial charge in [0.2, 0.25) is 5.75 Å². The molecule has 1 aromatic carbocycles. The highest BCUT2D eigenvalue weighted by Crippen LogP contribution is 2.39. The zero-order chi connectivity index (χ0) is 16.3. The van der Waals surface area contributed by atoms with E-state index >= 15 is 0 Å². The van der Waals surface area contributed by atoms with Gasteiger partial charge in [-0.25, -0.2) is 0 Å². The number of carbonyl (C=O) groups excluding carboxylic acids is 1. The average molecular weight is 308 g/mol. The molecule has 1 fully saturated rings. The lowest BCUT2D eigenvalue weighted by molar-refractivity contribution is 0.0718. The fraction of sp³-hybridized carbons (Fsp3) is 0.562. The summed E-state index contributed by atoms with van der Waals surface area (Å²) in [5.41, 5.74) is 6.32. The van der Waals surface area contributed by atoms with Gasteiger partial charge in [0.1, 0.15) is 0 Å². The molecule has 1 aliphatic rings. The molecule has 1 unspecified atom stereocenters. The Bertz CT molecular complexity index is 518. The van der Waals surface area contributed by atoms with Crippen LogP contribution in [0.5, 0.6) is 17.2 Å². The summed E-state index contributed by atoms with van der Waals surface area (Å²) in [5, 5.41) is 0. The molecule has 1 aromatic rings. The first-order valence-corrected chi connectivity index (χ1v) is 7.34. The van der Waals surface area contributed by atoms with Gasteiger partial charge in [-0.05, 0) is 30.9 Å². The van der Waals surface area contributed by atoms with Gasteiger partial charge in [-0.2, -0.15) is 0 Å². The molecule has 1 amide bonds. The fourth-order valence-corrected chi connectivity index (χ4v) is 2.71. The van der Waals surface area contributed by atoms with Crippen LogP contribution in [0, 0.1) is 5.92 Å². The summed E-state index contributed by atoms with van der Waals surface area (Å²) < 4.78 is 15.9. The smallest absolute Gasteiger partial charge is 0.254 e. The lowest BCUT2D eigenvalue weighted by atomic mass is 10.1. The number of amides is 1. The van der Waals surface area contributed by atoms with Crippen LogP contribution >= 0.6 is 0 Å². The standard InChI is InChI=1S/C16H24N2O4/c1-18(12(9-17)10-5-6-10)16(19)11-7-13(20-2)15(22-4)14(8-11)21-3/h7-8,10,12H,5-6,9,17H2,1-4H3. The number of carbonyl (C=O) groups is 1. The van der Waals surface area contributed by atoms with E-state index in [-0.39, 0.29) is 11.9 Å². The van der Waals surface area contributed by atoms with Gasteiger partial charge >= 0.3 is 0 Å². The Kier molecular flexibility index (Phi) is 5.13. The number of benzene rings is 1. The van der Waals surface area contributed by atoms with Crippen molar-refractivity contribution in [3.05, 3.63) is 17.7 Å². The minimum atomic E-state index is -0.0957. The Labute approximate surface area is 131 Å². The van der Waals surface area contributed by atoms with Crippen LogP contribution in [-0.2, 0) is 0 Å². The summed E-state index contributed by atoms with van der Waals surface area (Å²) in [7, 11) is 6.39. The van der Waals surface area contributed by atoms with Gasteiger partial charge in [-0.15, -0.1) is 0 Å². The van der Waals surface area contributed by atoms with Crippen molar-refractivity contribution in [3.8, 4) is 17.2 Å². The molecule has 0 heterocycles. The zero-order valence-electron chi connectivity index (χ0n) is 13.6. The molecule has 1 saturated carbocycles. The first-order chi connectivity index (χ1) is 10.6. The third-order valence-corrected chi connectivity index (χ3v) is 4.14. The molecule has 1 aliphatic carbocycles. The summed E-state index contributed by atoms with van der Waals surface area (Å²) in [4.78, 5) is 14.5. The number of rotatable bonds is 7. The van der Waals surface area contributed by atoms with Gasteiger partial charge in [-0.1, -0.05) is 0 Å². The summed E-state index contributed by atoms with van der Waals surface area (Å²) in [6.45, 7) is 0.470. The molecule has 0 radical (unpaired) electrons. The minimum Gasteiger partial charge on any atom is -0.493 e. The van der Waals surface area contributed by atoms with Crippen molar-refractivity contribution in [3.63, 3.8) is 0 Å². The zero-order valence-corrected chi connectivity index (χ0v) is 13.6. The highest BCUT2D eigenvalue weighted by Gasteiger charge is 2.35. The lowest BCUT2D eigenvalue weighted by Crippen LogP contribution is -2.43. The van der Waals surface area contributed by atoms with E-state index in [1.54, 1.807) is 24.1 Å². The van der Waals surface area contributed by atoms with Crippen LogP contribution < -0.4 is 19.9 Å². The third kappa shape index (κ3) is 3.11. The molecule has 0 aliphatic heterocycles.